The monoisotopic (exact) mass is 544 g/mol. The molecule has 1 aliphatic rings. The van der Waals surface area contributed by atoms with Gasteiger partial charge in [-0.15, -0.1) is 0 Å². The number of rotatable bonds is 7. The molecule has 2 heterocycles. The third-order valence-corrected chi connectivity index (χ3v) is 7.54. The molecule has 1 aromatic heterocycles. The van der Waals surface area contributed by atoms with E-state index in [2.05, 4.69) is 5.10 Å². The second-order valence-corrected chi connectivity index (χ2v) is 11.2. The molecular weight excluding hydrogens is 513 g/mol. The molecule has 9 nitrogen and oxygen atoms in total. The van der Waals surface area contributed by atoms with Crippen LogP contribution in [0.3, 0.4) is 0 Å². The molecule has 0 aliphatic carbocycles. The van der Waals surface area contributed by atoms with Gasteiger partial charge in [0, 0.05) is 12.5 Å². The summed E-state index contributed by atoms with van der Waals surface area (Å²) in [6.07, 6.45) is -4.60. The van der Waals surface area contributed by atoms with Crippen molar-refractivity contribution in [1.82, 2.24) is 9.78 Å². The Morgan fingerprint density at radius 1 is 1.14 bits per heavy atom. The van der Waals surface area contributed by atoms with E-state index in [9.17, 15) is 31.2 Å². The number of aromatic nitrogens is 2. The molecule has 2 amide bonds. The van der Waals surface area contributed by atoms with Crippen molar-refractivity contribution in [3.8, 4) is 0 Å². The van der Waals surface area contributed by atoms with Gasteiger partial charge in [0.1, 0.15) is 4.90 Å². The lowest BCUT2D eigenvalue weighted by Gasteiger charge is -2.18. The number of hydrogen-bond acceptors (Lipinski definition) is 7. The molecule has 0 bridgehead atoms. The molecule has 204 valence electrons. The lowest BCUT2D eigenvalue weighted by molar-refractivity contribution is -0.156. The first-order valence-corrected chi connectivity index (χ1v) is 13.1. The first kappa shape index (κ1) is 30.2. The fourth-order valence-corrected chi connectivity index (χ4v) is 5.73. The number of hydrogen-bond donors (Lipinski definition) is 1. The van der Waals surface area contributed by atoms with Crippen LogP contribution in [0.25, 0.3) is 0 Å². The van der Waals surface area contributed by atoms with E-state index in [0.29, 0.717) is 36.5 Å². The highest BCUT2D eigenvalue weighted by Gasteiger charge is 2.45. The Hall–Kier alpha value is -3.06. The van der Waals surface area contributed by atoms with E-state index in [1.165, 1.54) is 24.3 Å². The Labute approximate surface area is 213 Å². The summed E-state index contributed by atoms with van der Waals surface area (Å²) in [5.41, 5.74) is 6.67. The van der Waals surface area contributed by atoms with Crippen molar-refractivity contribution in [3.63, 3.8) is 0 Å². The highest BCUT2D eigenvalue weighted by molar-refractivity contribution is 7.91. The quantitative estimate of drug-likeness (QED) is 0.418. The van der Waals surface area contributed by atoms with Gasteiger partial charge in [0.2, 0.25) is 27.9 Å². The molecule has 0 unspecified atom stereocenters. The minimum absolute atomic E-state index is 0.0966. The fraction of sp³-hybridized carbons (Fsp3) is 0.500. The van der Waals surface area contributed by atoms with E-state index >= 15 is 0 Å². The van der Waals surface area contributed by atoms with Gasteiger partial charge in [-0.2, -0.15) is 18.3 Å². The van der Waals surface area contributed by atoms with Gasteiger partial charge in [0.05, 0.1) is 33.9 Å². The number of nitrogens with zero attached hydrogens (tertiary/aromatic N) is 3. The Balaban J connectivity index is 0.000000717. The van der Waals surface area contributed by atoms with Crippen LogP contribution in [0.1, 0.15) is 52.4 Å². The zero-order valence-corrected chi connectivity index (χ0v) is 22.1. The normalized spacial score (nSPS) is 16.4. The van der Waals surface area contributed by atoms with Crippen LogP contribution in [0.4, 0.5) is 18.9 Å². The number of halogens is 3. The summed E-state index contributed by atoms with van der Waals surface area (Å²) in [6.45, 7) is 9.49. The van der Waals surface area contributed by atoms with Crippen LogP contribution in [0.5, 0.6) is 0 Å². The van der Waals surface area contributed by atoms with Gasteiger partial charge in [-0.05, 0) is 44.0 Å². The number of nitrogens with two attached hydrogens (primary N) is 1. The van der Waals surface area contributed by atoms with Gasteiger partial charge < -0.3 is 5.73 Å². The largest absolute Gasteiger partial charge is 0.446 e. The van der Waals surface area contributed by atoms with Crippen LogP contribution in [-0.2, 0) is 43.6 Å². The van der Waals surface area contributed by atoms with Gasteiger partial charge in [0.15, 0.2) is 0 Å². The lowest BCUT2D eigenvalue weighted by atomic mass is 9.92. The molecule has 3 rings (SSSR count). The SMILES string of the molecule is CCc1nn(C[C@H](C)N)c(CC)c1S(=O)(=O)c1ccc(N2C(=O)CC(C)(C)C2=O)cc1.O=CC(F)(F)F. The second-order valence-electron chi connectivity index (χ2n) is 9.34. The lowest BCUT2D eigenvalue weighted by Crippen LogP contribution is -2.32. The number of alkyl halides is 3. The van der Waals surface area contributed by atoms with Crippen LogP contribution < -0.4 is 10.6 Å². The van der Waals surface area contributed by atoms with Crippen LogP contribution in [-0.4, -0.2) is 48.5 Å². The minimum atomic E-state index is -4.64. The summed E-state index contributed by atoms with van der Waals surface area (Å²) >= 11 is 0. The van der Waals surface area contributed by atoms with E-state index in [0.717, 1.165) is 4.90 Å². The Kier molecular flexibility index (Phi) is 9.08. The van der Waals surface area contributed by atoms with Crippen molar-refractivity contribution in [2.24, 2.45) is 11.1 Å². The molecule has 1 atom stereocenters. The molecule has 37 heavy (non-hydrogen) atoms. The number of benzene rings is 1. The predicted molar refractivity (Wildman–Crippen MR) is 130 cm³/mol. The number of carbonyl (C=O) groups excluding carboxylic acids is 3. The molecule has 1 aliphatic heterocycles. The molecule has 2 N–H and O–H groups in total. The molecule has 0 saturated carbocycles. The highest BCUT2D eigenvalue weighted by atomic mass is 32.2. The Morgan fingerprint density at radius 2 is 1.68 bits per heavy atom. The predicted octanol–water partition coefficient (Wildman–Crippen LogP) is 3.23. The van der Waals surface area contributed by atoms with Crippen molar-refractivity contribution in [2.75, 3.05) is 4.90 Å². The maximum absolute atomic E-state index is 13.5. The smallest absolute Gasteiger partial charge is 0.326 e. The number of aldehydes is 1. The van der Waals surface area contributed by atoms with Gasteiger partial charge in [-0.3, -0.25) is 24.0 Å². The zero-order chi connectivity index (χ0) is 28.3. The minimum Gasteiger partial charge on any atom is -0.326 e. The number of imide groups is 1. The van der Waals surface area contributed by atoms with E-state index in [1.54, 1.807) is 18.5 Å². The van der Waals surface area contributed by atoms with Gasteiger partial charge in [-0.1, -0.05) is 27.7 Å². The molecular formula is C24H31F3N4O5S. The van der Waals surface area contributed by atoms with Crippen LogP contribution in [0.15, 0.2) is 34.1 Å². The number of sulfone groups is 1. The average Bonchev–Trinajstić information content (AvgIpc) is 3.26. The standard InChI is InChI=1S/C22H30N4O4S.C2HF3O/c1-6-17-20(18(7-2)25(24-17)13-14(3)23)31(29,30)16-10-8-15(9-11-16)26-19(27)12-22(4,5)21(26)28;3-2(4,5)1-6/h8-11,14H,6-7,12-13,23H2,1-5H3;1H/t14-;/m0./s1. The van der Waals surface area contributed by atoms with Gasteiger partial charge in [0.25, 0.3) is 0 Å². The first-order valence-electron chi connectivity index (χ1n) is 11.6. The maximum atomic E-state index is 13.5. The summed E-state index contributed by atoms with van der Waals surface area (Å²) < 4.78 is 60.0. The third-order valence-electron chi connectivity index (χ3n) is 5.64. The molecule has 0 spiro atoms. The number of carbonyl (C=O) groups is 3. The van der Waals surface area contributed by atoms with Crippen LogP contribution >= 0.6 is 0 Å². The molecule has 1 aromatic carbocycles. The van der Waals surface area contributed by atoms with Crippen LogP contribution in [0, 0.1) is 5.41 Å². The average molecular weight is 545 g/mol. The summed E-state index contributed by atoms with van der Waals surface area (Å²) in [6, 6.07) is 5.74. The van der Waals surface area contributed by atoms with E-state index < -0.39 is 27.7 Å². The Morgan fingerprint density at radius 3 is 2.05 bits per heavy atom. The zero-order valence-electron chi connectivity index (χ0n) is 21.3. The number of aryl methyl sites for hydroxylation is 1. The summed E-state index contributed by atoms with van der Waals surface area (Å²) in [5.74, 6) is -0.573. The van der Waals surface area contributed by atoms with Gasteiger partial charge >= 0.3 is 6.18 Å². The second kappa shape index (κ2) is 11.1. The number of amides is 2. The van der Waals surface area contributed by atoms with Gasteiger partial charge in [-0.25, -0.2) is 8.42 Å². The molecule has 1 saturated heterocycles. The highest BCUT2D eigenvalue weighted by Crippen LogP contribution is 2.36. The molecule has 2 aromatic rings. The summed E-state index contributed by atoms with van der Waals surface area (Å²) in [7, 11) is -3.84. The van der Waals surface area contributed by atoms with Crippen molar-refractivity contribution < 1.29 is 36.0 Å². The third kappa shape index (κ3) is 6.63. The Bertz CT molecular complexity index is 1270. The van der Waals surface area contributed by atoms with E-state index in [1.807, 2.05) is 20.8 Å². The fourth-order valence-electron chi connectivity index (χ4n) is 3.95. The van der Waals surface area contributed by atoms with Crippen molar-refractivity contribution >= 4 is 33.6 Å². The summed E-state index contributed by atoms with van der Waals surface area (Å²) in [5, 5.41) is 4.51. The van der Waals surface area contributed by atoms with Crippen molar-refractivity contribution in [3.05, 3.63) is 35.7 Å². The molecule has 0 radical (unpaired) electrons. The van der Waals surface area contributed by atoms with Crippen LogP contribution in [0.2, 0.25) is 0 Å². The summed E-state index contributed by atoms with van der Waals surface area (Å²) in [4.78, 5) is 35.0. The molecule has 13 heteroatoms. The van der Waals surface area contributed by atoms with E-state index in [-0.39, 0.29) is 34.1 Å². The molecule has 1 fully saturated rings. The first-order chi connectivity index (χ1) is 17.0. The topological polar surface area (TPSA) is 132 Å². The maximum Gasteiger partial charge on any atom is 0.446 e. The van der Waals surface area contributed by atoms with Crippen molar-refractivity contribution in [2.45, 2.75) is 82.4 Å². The van der Waals surface area contributed by atoms with Crippen molar-refractivity contribution in [1.29, 1.82) is 0 Å². The van der Waals surface area contributed by atoms with E-state index in [4.69, 9.17) is 10.5 Å². The number of anilines is 1.